The number of hydrogen-bond acceptors (Lipinski definition) is 3. The van der Waals surface area contributed by atoms with Crippen LogP contribution in [0, 0.1) is 0 Å². The normalized spacial score (nSPS) is 12.5. The van der Waals surface area contributed by atoms with Crippen molar-refractivity contribution in [2.75, 3.05) is 0 Å². The van der Waals surface area contributed by atoms with Gasteiger partial charge in [-0.2, -0.15) is 0 Å². The number of carbonyl (C=O) groups excluding carboxylic acids is 1. The van der Waals surface area contributed by atoms with Crippen molar-refractivity contribution in [1.29, 1.82) is 0 Å². The first-order chi connectivity index (χ1) is 6.33. The van der Waals surface area contributed by atoms with Crippen molar-refractivity contribution >= 4 is 17.3 Å². The second kappa shape index (κ2) is 2.69. The van der Waals surface area contributed by atoms with Gasteiger partial charge in [0.2, 0.25) is 0 Å². The monoisotopic (exact) mass is 173 g/mol. The molecule has 0 bridgehead atoms. The summed E-state index contributed by atoms with van der Waals surface area (Å²) in [4.78, 5) is 13.7. The molecule has 1 aliphatic rings. The van der Waals surface area contributed by atoms with Gasteiger partial charge in [0, 0.05) is 4.91 Å². The van der Waals surface area contributed by atoms with Crippen LogP contribution in [-0.4, -0.2) is 5.91 Å². The van der Waals surface area contributed by atoms with Gasteiger partial charge in [0.25, 0.3) is 5.91 Å². The number of amides is 1. The number of hydrogen-bond donors (Lipinski definition) is 0. The van der Waals surface area contributed by atoms with E-state index in [9.17, 15) is 4.79 Å². The molecular weight excluding hydrogens is 170 g/mol. The fourth-order valence-corrected chi connectivity index (χ4v) is 1.11. The lowest BCUT2D eigenvalue weighted by Gasteiger charge is -1.96. The van der Waals surface area contributed by atoms with Gasteiger partial charge in [-0.1, -0.05) is 17.2 Å². The molecule has 0 aromatic heterocycles. The minimum Gasteiger partial charge on any atom is -0.265 e. The summed E-state index contributed by atoms with van der Waals surface area (Å²) in [6.07, 6.45) is 0. The molecule has 1 heterocycles. The molecule has 1 aliphatic heterocycles. The Bertz CT molecular complexity index is 458. The summed E-state index contributed by atoms with van der Waals surface area (Å²) in [5, 5.41) is 10.3. The second-order valence-electron chi connectivity index (χ2n) is 2.37. The third-order valence-corrected chi connectivity index (χ3v) is 1.64. The van der Waals surface area contributed by atoms with Crippen molar-refractivity contribution in [2.24, 2.45) is 15.3 Å². The van der Waals surface area contributed by atoms with E-state index in [1.165, 1.54) is 0 Å². The van der Waals surface area contributed by atoms with E-state index in [1.54, 1.807) is 18.2 Å². The highest BCUT2D eigenvalue weighted by Crippen LogP contribution is 2.34. The molecule has 62 valence electrons. The molecule has 0 N–H and O–H groups in total. The van der Waals surface area contributed by atoms with Gasteiger partial charge in [0.1, 0.15) is 0 Å². The summed E-state index contributed by atoms with van der Waals surface area (Å²) in [5.74, 6) is -0.460. The van der Waals surface area contributed by atoms with Gasteiger partial charge in [-0.3, -0.25) is 4.79 Å². The Hall–Kier alpha value is -2.20. The number of nitrogens with zero attached hydrogens (tertiary/aromatic N) is 5. The highest BCUT2D eigenvalue weighted by Gasteiger charge is 2.19. The Balaban J connectivity index is 2.70. The molecular formula is C7H3N5O. The maximum atomic E-state index is 11.1. The average molecular weight is 173 g/mol. The lowest BCUT2D eigenvalue weighted by atomic mass is 10.1. The standard InChI is InChI=1S/C7H3N5O/c8-12-10-5-3-1-2-4-6(5)7(13)11-9-4/h1-3H. The number of benzene rings is 1. The van der Waals surface area contributed by atoms with Crippen LogP contribution in [0.1, 0.15) is 10.4 Å². The summed E-state index contributed by atoms with van der Waals surface area (Å²) >= 11 is 0. The fourth-order valence-electron chi connectivity index (χ4n) is 1.11. The Morgan fingerprint density at radius 1 is 1.38 bits per heavy atom. The van der Waals surface area contributed by atoms with E-state index in [0.717, 1.165) is 0 Å². The molecule has 1 amide bonds. The molecule has 6 heteroatoms. The van der Waals surface area contributed by atoms with Crippen LogP contribution in [-0.2, 0) is 0 Å². The van der Waals surface area contributed by atoms with Crippen molar-refractivity contribution in [1.82, 2.24) is 0 Å². The summed E-state index contributed by atoms with van der Waals surface area (Å²) in [6.45, 7) is 0. The first-order valence-electron chi connectivity index (χ1n) is 3.47. The van der Waals surface area contributed by atoms with Crippen LogP contribution in [0.4, 0.5) is 11.4 Å². The van der Waals surface area contributed by atoms with Gasteiger partial charge in [0.05, 0.1) is 16.9 Å². The van der Waals surface area contributed by atoms with Gasteiger partial charge in [0.15, 0.2) is 0 Å². The highest BCUT2D eigenvalue weighted by molar-refractivity contribution is 6.06. The third-order valence-electron chi connectivity index (χ3n) is 1.64. The Labute approximate surface area is 72.5 Å². The lowest BCUT2D eigenvalue weighted by molar-refractivity contribution is 0.100. The fraction of sp³-hybridized carbons (Fsp3) is 0. The zero-order valence-corrected chi connectivity index (χ0v) is 6.38. The predicted octanol–water partition coefficient (Wildman–Crippen LogP) is 2.87. The molecule has 0 atom stereocenters. The number of fused-ring (bicyclic) bond motifs is 1. The van der Waals surface area contributed by atoms with E-state index >= 15 is 0 Å². The van der Waals surface area contributed by atoms with Gasteiger partial charge in [-0.05, 0) is 11.6 Å². The van der Waals surface area contributed by atoms with E-state index < -0.39 is 5.91 Å². The zero-order chi connectivity index (χ0) is 9.26. The quantitative estimate of drug-likeness (QED) is 0.364. The van der Waals surface area contributed by atoms with Crippen molar-refractivity contribution < 1.29 is 4.79 Å². The molecule has 0 saturated carbocycles. The molecule has 6 nitrogen and oxygen atoms in total. The summed E-state index contributed by atoms with van der Waals surface area (Å²) in [7, 11) is 0. The van der Waals surface area contributed by atoms with Crippen molar-refractivity contribution in [2.45, 2.75) is 0 Å². The molecule has 2 rings (SSSR count). The molecule has 0 radical (unpaired) electrons. The van der Waals surface area contributed by atoms with Gasteiger partial charge in [-0.15, -0.1) is 10.2 Å². The van der Waals surface area contributed by atoms with Crippen LogP contribution in [0.3, 0.4) is 0 Å². The Morgan fingerprint density at radius 2 is 2.23 bits per heavy atom. The van der Waals surface area contributed by atoms with Crippen molar-refractivity contribution in [3.8, 4) is 0 Å². The van der Waals surface area contributed by atoms with Crippen molar-refractivity contribution in [3.63, 3.8) is 0 Å². The SMILES string of the molecule is [N-]=[N+]=Nc1cccc2c1C(=O)N=N2. The number of azide groups is 1. The second-order valence-corrected chi connectivity index (χ2v) is 2.37. The maximum absolute atomic E-state index is 11.1. The van der Waals surface area contributed by atoms with Gasteiger partial charge >= 0.3 is 0 Å². The average Bonchev–Trinajstić information content (AvgIpc) is 2.50. The molecule has 1 aromatic carbocycles. The molecule has 0 aliphatic carbocycles. The highest BCUT2D eigenvalue weighted by atomic mass is 16.2. The maximum Gasteiger partial charge on any atom is 0.298 e. The molecule has 1 aromatic rings. The van der Waals surface area contributed by atoms with Crippen LogP contribution in [0.25, 0.3) is 10.4 Å². The summed E-state index contributed by atoms with van der Waals surface area (Å²) in [5.41, 5.74) is 9.23. The molecule has 13 heavy (non-hydrogen) atoms. The number of rotatable bonds is 1. The predicted molar refractivity (Wildman–Crippen MR) is 44.1 cm³/mol. The molecule has 0 spiro atoms. The molecule has 0 unspecified atom stereocenters. The van der Waals surface area contributed by atoms with Crippen LogP contribution < -0.4 is 0 Å². The first kappa shape index (κ1) is 7.45. The van der Waals surface area contributed by atoms with E-state index in [0.29, 0.717) is 5.69 Å². The van der Waals surface area contributed by atoms with E-state index in [1.807, 2.05) is 0 Å². The van der Waals surface area contributed by atoms with E-state index in [2.05, 4.69) is 20.3 Å². The van der Waals surface area contributed by atoms with Crippen LogP contribution in [0.5, 0.6) is 0 Å². The van der Waals surface area contributed by atoms with Crippen LogP contribution in [0.15, 0.2) is 33.5 Å². The van der Waals surface area contributed by atoms with Crippen molar-refractivity contribution in [3.05, 3.63) is 34.2 Å². The largest absolute Gasteiger partial charge is 0.298 e. The van der Waals surface area contributed by atoms with E-state index in [-0.39, 0.29) is 11.3 Å². The van der Waals surface area contributed by atoms with Crippen LogP contribution in [0.2, 0.25) is 0 Å². The smallest absolute Gasteiger partial charge is 0.265 e. The number of azo groups is 1. The summed E-state index contributed by atoms with van der Waals surface area (Å²) in [6, 6.07) is 4.84. The summed E-state index contributed by atoms with van der Waals surface area (Å²) < 4.78 is 0. The topological polar surface area (TPSA) is 90.6 Å². The minimum absolute atomic E-state index is 0.273. The third kappa shape index (κ3) is 1.05. The Kier molecular flexibility index (Phi) is 1.54. The van der Waals surface area contributed by atoms with Gasteiger partial charge < -0.3 is 0 Å². The molecule has 0 saturated heterocycles. The molecule has 0 fully saturated rings. The first-order valence-corrected chi connectivity index (χ1v) is 3.47. The zero-order valence-electron chi connectivity index (χ0n) is 6.38. The van der Waals surface area contributed by atoms with Gasteiger partial charge in [-0.25, -0.2) is 0 Å². The van der Waals surface area contributed by atoms with Crippen LogP contribution >= 0.6 is 0 Å². The van der Waals surface area contributed by atoms with E-state index in [4.69, 9.17) is 5.53 Å². The number of carbonyl (C=O) groups is 1. The lowest BCUT2D eigenvalue weighted by Crippen LogP contribution is -1.88. The minimum atomic E-state index is -0.460. The Morgan fingerprint density at radius 3 is 3.00 bits per heavy atom.